The predicted octanol–water partition coefficient (Wildman–Crippen LogP) is 3.87. The van der Waals surface area contributed by atoms with Crippen LogP contribution in [0.15, 0.2) is 5.57 Å². The molecule has 0 aromatic carbocycles. The standard InChI is InChI=1S/C11H19/c1-2-11-9-7-5-3-4-6-8-10-11/h2-9H2,1H3. The topological polar surface area (TPSA) is 0 Å². The maximum Gasteiger partial charge on any atom is -0.0277 e. The van der Waals surface area contributed by atoms with Gasteiger partial charge in [0, 0.05) is 0 Å². The summed E-state index contributed by atoms with van der Waals surface area (Å²) in [6, 6.07) is 0. The minimum atomic E-state index is 1.21. The van der Waals surface area contributed by atoms with Crippen molar-refractivity contribution in [1.29, 1.82) is 0 Å². The molecule has 0 saturated carbocycles. The highest BCUT2D eigenvalue weighted by molar-refractivity contribution is 4.96. The van der Waals surface area contributed by atoms with E-state index in [1.807, 2.05) is 0 Å². The second-order valence-electron chi connectivity index (χ2n) is 3.40. The average Bonchev–Trinajstić information content (AvgIpc) is 2.16. The van der Waals surface area contributed by atoms with E-state index in [0.717, 1.165) is 0 Å². The summed E-state index contributed by atoms with van der Waals surface area (Å²) in [5.74, 6) is 0. The number of allylic oxidation sites excluding steroid dienone is 2. The molecule has 1 rings (SSSR count). The van der Waals surface area contributed by atoms with Gasteiger partial charge in [-0.2, -0.15) is 0 Å². The van der Waals surface area contributed by atoms with E-state index in [1.165, 1.54) is 51.4 Å². The quantitative estimate of drug-likeness (QED) is 0.533. The lowest BCUT2D eigenvalue weighted by molar-refractivity contribution is 0.626. The van der Waals surface area contributed by atoms with Crippen LogP contribution in [-0.2, 0) is 0 Å². The maximum atomic E-state index is 3.53. The fourth-order valence-electron chi connectivity index (χ4n) is 1.65. The minimum absolute atomic E-state index is 1.21. The van der Waals surface area contributed by atoms with Gasteiger partial charge in [-0.25, -0.2) is 0 Å². The molecule has 1 aliphatic rings. The third-order valence-corrected chi connectivity index (χ3v) is 2.46. The lowest BCUT2D eigenvalue weighted by Gasteiger charge is -2.00. The zero-order chi connectivity index (χ0) is 7.94. The van der Waals surface area contributed by atoms with Crippen LogP contribution in [0.3, 0.4) is 0 Å². The van der Waals surface area contributed by atoms with E-state index in [-0.39, 0.29) is 0 Å². The van der Waals surface area contributed by atoms with Crippen LogP contribution in [0, 0.1) is 6.08 Å². The summed E-state index contributed by atoms with van der Waals surface area (Å²) in [6.07, 6.45) is 14.3. The first-order valence-electron chi connectivity index (χ1n) is 5.02. The van der Waals surface area contributed by atoms with Crippen molar-refractivity contribution in [3.63, 3.8) is 0 Å². The van der Waals surface area contributed by atoms with Crippen molar-refractivity contribution in [2.24, 2.45) is 0 Å². The second-order valence-corrected chi connectivity index (χ2v) is 3.40. The largest absolute Gasteiger partial charge is 0.0670 e. The minimum Gasteiger partial charge on any atom is -0.0670 e. The summed E-state index contributed by atoms with van der Waals surface area (Å²) in [7, 11) is 0. The molecule has 0 bridgehead atoms. The second kappa shape index (κ2) is 5.40. The molecule has 0 N–H and O–H groups in total. The van der Waals surface area contributed by atoms with Crippen molar-refractivity contribution in [1.82, 2.24) is 0 Å². The third kappa shape index (κ3) is 3.60. The van der Waals surface area contributed by atoms with E-state index in [4.69, 9.17) is 0 Å². The van der Waals surface area contributed by atoms with Gasteiger partial charge in [0.05, 0.1) is 0 Å². The van der Waals surface area contributed by atoms with Gasteiger partial charge in [0.25, 0.3) is 0 Å². The molecule has 0 nitrogen and oxygen atoms in total. The van der Waals surface area contributed by atoms with Gasteiger partial charge in [-0.3, -0.25) is 0 Å². The van der Waals surface area contributed by atoms with Crippen LogP contribution in [0.4, 0.5) is 0 Å². The number of rotatable bonds is 1. The Hall–Kier alpha value is -0.260. The normalized spacial score (nSPS) is 26.1. The van der Waals surface area contributed by atoms with Crippen LogP contribution >= 0.6 is 0 Å². The van der Waals surface area contributed by atoms with Gasteiger partial charge < -0.3 is 0 Å². The molecule has 0 heterocycles. The summed E-state index contributed by atoms with van der Waals surface area (Å²) in [5, 5.41) is 0. The summed E-state index contributed by atoms with van der Waals surface area (Å²) in [6.45, 7) is 2.25. The summed E-state index contributed by atoms with van der Waals surface area (Å²) >= 11 is 0. The van der Waals surface area contributed by atoms with Crippen LogP contribution in [0.5, 0.6) is 0 Å². The summed E-state index contributed by atoms with van der Waals surface area (Å²) in [4.78, 5) is 0. The van der Waals surface area contributed by atoms with Crippen LogP contribution < -0.4 is 0 Å². The first-order chi connectivity index (χ1) is 5.43. The molecule has 11 heavy (non-hydrogen) atoms. The zero-order valence-corrected chi connectivity index (χ0v) is 7.66. The fourth-order valence-corrected chi connectivity index (χ4v) is 1.65. The molecule has 0 saturated heterocycles. The third-order valence-electron chi connectivity index (χ3n) is 2.46. The van der Waals surface area contributed by atoms with Gasteiger partial charge in [0.1, 0.15) is 0 Å². The number of hydrogen-bond donors (Lipinski definition) is 0. The molecule has 0 atom stereocenters. The van der Waals surface area contributed by atoms with Gasteiger partial charge in [-0.05, 0) is 38.2 Å². The zero-order valence-electron chi connectivity index (χ0n) is 7.66. The van der Waals surface area contributed by atoms with Crippen molar-refractivity contribution >= 4 is 0 Å². The van der Waals surface area contributed by atoms with E-state index in [2.05, 4.69) is 13.0 Å². The lowest BCUT2D eigenvalue weighted by atomic mass is 10.1. The monoisotopic (exact) mass is 151 g/mol. The molecule has 0 fully saturated rings. The van der Waals surface area contributed by atoms with Crippen LogP contribution in [0.1, 0.15) is 58.3 Å². The molecule has 1 aliphatic carbocycles. The Morgan fingerprint density at radius 1 is 1.09 bits per heavy atom. The van der Waals surface area contributed by atoms with E-state index in [9.17, 15) is 0 Å². The van der Waals surface area contributed by atoms with Crippen molar-refractivity contribution in [2.75, 3.05) is 0 Å². The van der Waals surface area contributed by atoms with Crippen molar-refractivity contribution < 1.29 is 0 Å². The molecule has 0 aliphatic heterocycles. The smallest absolute Gasteiger partial charge is 0.0277 e. The van der Waals surface area contributed by atoms with E-state index < -0.39 is 0 Å². The lowest BCUT2D eigenvalue weighted by Crippen LogP contribution is -1.81. The summed E-state index contributed by atoms with van der Waals surface area (Å²) in [5.41, 5.74) is 1.58. The Kier molecular flexibility index (Phi) is 4.33. The van der Waals surface area contributed by atoms with Crippen molar-refractivity contribution in [3.05, 3.63) is 11.6 Å². The molecule has 0 spiro atoms. The molecule has 0 aromatic rings. The average molecular weight is 151 g/mol. The molecule has 1 radical (unpaired) electrons. The molecule has 0 heteroatoms. The Labute approximate surface area is 70.7 Å². The first-order valence-corrected chi connectivity index (χ1v) is 5.02. The first kappa shape index (κ1) is 8.83. The van der Waals surface area contributed by atoms with Crippen LogP contribution in [0.2, 0.25) is 0 Å². The van der Waals surface area contributed by atoms with E-state index in [1.54, 1.807) is 5.57 Å². The van der Waals surface area contributed by atoms with E-state index in [0.29, 0.717) is 0 Å². The van der Waals surface area contributed by atoms with Gasteiger partial charge >= 0.3 is 0 Å². The Morgan fingerprint density at radius 2 is 1.82 bits per heavy atom. The Bertz CT molecular complexity index is 122. The highest BCUT2D eigenvalue weighted by atomic mass is 14.0. The Balaban J connectivity index is 2.34. The Morgan fingerprint density at radius 3 is 2.64 bits per heavy atom. The van der Waals surface area contributed by atoms with Crippen molar-refractivity contribution in [3.8, 4) is 0 Å². The number of hydrogen-bond acceptors (Lipinski definition) is 0. The molecule has 0 aromatic heterocycles. The van der Waals surface area contributed by atoms with Crippen LogP contribution in [0.25, 0.3) is 0 Å². The van der Waals surface area contributed by atoms with Crippen LogP contribution in [-0.4, -0.2) is 0 Å². The van der Waals surface area contributed by atoms with E-state index >= 15 is 0 Å². The molecular weight excluding hydrogens is 132 g/mol. The van der Waals surface area contributed by atoms with Gasteiger partial charge in [0.2, 0.25) is 0 Å². The molecular formula is C11H19. The van der Waals surface area contributed by atoms with Gasteiger partial charge in [-0.1, -0.05) is 31.8 Å². The highest BCUT2D eigenvalue weighted by Gasteiger charge is 1.98. The van der Waals surface area contributed by atoms with Gasteiger partial charge in [-0.15, -0.1) is 0 Å². The predicted molar refractivity (Wildman–Crippen MR) is 49.4 cm³/mol. The summed E-state index contributed by atoms with van der Waals surface area (Å²) < 4.78 is 0. The fraction of sp³-hybridized carbons (Fsp3) is 0.818. The molecule has 63 valence electrons. The van der Waals surface area contributed by atoms with Crippen molar-refractivity contribution in [2.45, 2.75) is 58.3 Å². The maximum absolute atomic E-state index is 3.53. The van der Waals surface area contributed by atoms with Gasteiger partial charge in [0.15, 0.2) is 0 Å². The molecule has 0 amide bonds. The SMILES string of the molecule is CC/C1=[C]/CCCCCCC1. The highest BCUT2D eigenvalue weighted by Crippen LogP contribution is 2.17. The molecule has 0 unspecified atom stereocenters.